The Morgan fingerprint density at radius 3 is 2.69 bits per heavy atom. The van der Waals surface area contributed by atoms with Crippen molar-refractivity contribution >= 4 is 5.91 Å². The van der Waals surface area contributed by atoms with Crippen molar-refractivity contribution in [3.8, 4) is 5.75 Å². The van der Waals surface area contributed by atoms with Crippen molar-refractivity contribution in [3.05, 3.63) is 66.0 Å². The fourth-order valence-electron chi connectivity index (χ4n) is 2.55. The summed E-state index contributed by atoms with van der Waals surface area (Å²) >= 11 is 0. The molecule has 1 aromatic carbocycles. The lowest BCUT2D eigenvalue weighted by Crippen LogP contribution is -2.31. The molecule has 0 bridgehead atoms. The number of amides is 1. The third-order valence-electron chi connectivity index (χ3n) is 3.86. The van der Waals surface area contributed by atoms with Gasteiger partial charge < -0.3 is 14.6 Å². The van der Waals surface area contributed by atoms with Gasteiger partial charge in [0.15, 0.2) is 0 Å². The minimum Gasteiger partial charge on any atom is -0.497 e. The van der Waals surface area contributed by atoms with Gasteiger partial charge in [-0.2, -0.15) is 13.9 Å². The van der Waals surface area contributed by atoms with Gasteiger partial charge in [0.1, 0.15) is 23.3 Å². The molecule has 1 amide bonds. The number of carbonyl (C=O) groups is 1. The number of rotatable bonds is 6. The second-order valence-electron chi connectivity index (χ2n) is 5.54. The maximum absolute atomic E-state index is 12.7. The normalized spacial score (nSPS) is 12.2. The number of aromatic nitrogens is 4. The molecule has 2 heterocycles. The van der Waals surface area contributed by atoms with Gasteiger partial charge in [-0.3, -0.25) is 4.79 Å². The van der Waals surface area contributed by atoms with E-state index in [1.807, 2.05) is 6.07 Å². The van der Waals surface area contributed by atoms with Crippen LogP contribution in [0.15, 0.2) is 48.9 Å². The zero-order valence-electron chi connectivity index (χ0n) is 14.1. The van der Waals surface area contributed by atoms with Gasteiger partial charge in [0.25, 0.3) is 5.91 Å². The van der Waals surface area contributed by atoms with Crippen LogP contribution >= 0.6 is 0 Å². The summed E-state index contributed by atoms with van der Waals surface area (Å²) in [5.74, 6) is 0.623. The van der Waals surface area contributed by atoms with Crippen molar-refractivity contribution in [1.29, 1.82) is 0 Å². The number of methoxy groups -OCH3 is 1. The Balaban J connectivity index is 1.93. The van der Waals surface area contributed by atoms with Crippen molar-refractivity contribution in [2.24, 2.45) is 7.05 Å². The fraction of sp³-hybridized carbons (Fsp3) is 0.235. The molecule has 0 saturated carbocycles. The summed E-state index contributed by atoms with van der Waals surface area (Å²) in [5, 5.41) is 6.39. The lowest BCUT2D eigenvalue weighted by Gasteiger charge is -2.19. The van der Waals surface area contributed by atoms with Gasteiger partial charge in [-0.1, -0.05) is 12.1 Å². The van der Waals surface area contributed by atoms with E-state index in [9.17, 15) is 13.6 Å². The minimum atomic E-state index is -2.81. The van der Waals surface area contributed by atoms with Crippen LogP contribution in [-0.2, 0) is 7.05 Å². The number of halogens is 2. The fourth-order valence-corrected chi connectivity index (χ4v) is 2.55. The molecule has 0 unspecified atom stereocenters. The van der Waals surface area contributed by atoms with Crippen LogP contribution in [0.1, 0.15) is 34.5 Å². The number of carbonyl (C=O) groups excluding carboxylic acids is 1. The lowest BCUT2D eigenvalue weighted by molar-refractivity contribution is 0.0559. The number of hydrogen-bond acceptors (Lipinski definition) is 4. The van der Waals surface area contributed by atoms with E-state index < -0.39 is 18.5 Å². The second-order valence-corrected chi connectivity index (χ2v) is 5.54. The largest absolute Gasteiger partial charge is 0.497 e. The van der Waals surface area contributed by atoms with Crippen LogP contribution in [-0.4, -0.2) is 32.3 Å². The Morgan fingerprint density at radius 2 is 2.08 bits per heavy atom. The van der Waals surface area contributed by atoms with Crippen LogP contribution in [0.3, 0.4) is 0 Å². The monoisotopic (exact) mass is 361 g/mol. The van der Waals surface area contributed by atoms with Gasteiger partial charge >= 0.3 is 6.55 Å². The van der Waals surface area contributed by atoms with Gasteiger partial charge in [0, 0.05) is 25.6 Å². The highest BCUT2D eigenvalue weighted by Crippen LogP contribution is 2.24. The molecule has 26 heavy (non-hydrogen) atoms. The van der Waals surface area contributed by atoms with Crippen LogP contribution in [0.5, 0.6) is 5.75 Å². The van der Waals surface area contributed by atoms with E-state index in [0.717, 1.165) is 11.8 Å². The Morgan fingerprint density at radius 1 is 1.27 bits per heavy atom. The van der Waals surface area contributed by atoms with Gasteiger partial charge in [-0.05, 0) is 23.8 Å². The highest BCUT2D eigenvalue weighted by atomic mass is 19.3. The topological polar surface area (TPSA) is 74.0 Å². The summed E-state index contributed by atoms with van der Waals surface area (Å²) in [6.45, 7) is -2.81. The van der Waals surface area contributed by atoms with E-state index in [1.54, 1.807) is 49.3 Å². The molecule has 3 rings (SSSR count). The smallest absolute Gasteiger partial charge is 0.333 e. The summed E-state index contributed by atoms with van der Waals surface area (Å²) in [6.07, 6.45) is 4.42. The number of nitrogens with zero attached hydrogens (tertiary/aromatic N) is 4. The minimum absolute atomic E-state index is 0.104. The summed E-state index contributed by atoms with van der Waals surface area (Å²) in [7, 11) is 3.34. The molecule has 9 heteroatoms. The number of hydrogen-bond donors (Lipinski definition) is 1. The zero-order chi connectivity index (χ0) is 18.7. The van der Waals surface area contributed by atoms with E-state index in [0.29, 0.717) is 16.3 Å². The highest BCUT2D eigenvalue weighted by Gasteiger charge is 2.23. The molecule has 0 saturated heterocycles. The molecule has 0 aliphatic carbocycles. The number of nitrogens with one attached hydrogen (secondary N) is 1. The molecule has 1 N–H and O–H groups in total. The summed E-state index contributed by atoms with van der Waals surface area (Å²) < 4.78 is 32.8. The molecular formula is C17H17F2N5O2. The van der Waals surface area contributed by atoms with Gasteiger partial charge in [-0.25, -0.2) is 9.67 Å². The third-order valence-corrected chi connectivity index (χ3v) is 3.86. The molecule has 2 aromatic heterocycles. The Labute approximate surface area is 148 Å². The molecule has 0 radical (unpaired) electrons. The molecule has 3 aromatic rings. The van der Waals surface area contributed by atoms with Crippen LogP contribution in [0.2, 0.25) is 0 Å². The molecular weight excluding hydrogens is 344 g/mol. The average molecular weight is 361 g/mol. The third kappa shape index (κ3) is 3.56. The highest BCUT2D eigenvalue weighted by molar-refractivity contribution is 5.92. The summed E-state index contributed by atoms with van der Waals surface area (Å²) in [4.78, 5) is 16.8. The predicted octanol–water partition coefficient (Wildman–Crippen LogP) is 2.54. The van der Waals surface area contributed by atoms with Crippen LogP contribution in [0, 0.1) is 0 Å². The van der Waals surface area contributed by atoms with Crippen molar-refractivity contribution < 1.29 is 18.3 Å². The maximum Gasteiger partial charge on any atom is 0.333 e. The SMILES string of the molecule is COc1cccc([C@H](NC(=O)c2ccn(C(F)F)n2)c2nccn2C)c1. The van der Waals surface area contributed by atoms with Crippen LogP contribution in [0.4, 0.5) is 8.78 Å². The first-order chi connectivity index (χ1) is 12.5. The number of benzene rings is 1. The van der Waals surface area contributed by atoms with Crippen molar-refractivity contribution in [1.82, 2.24) is 24.6 Å². The quantitative estimate of drug-likeness (QED) is 0.732. The van der Waals surface area contributed by atoms with Gasteiger partial charge in [0.2, 0.25) is 0 Å². The van der Waals surface area contributed by atoms with Gasteiger partial charge in [0.05, 0.1) is 7.11 Å². The number of imidazole rings is 1. The average Bonchev–Trinajstić information content (AvgIpc) is 3.29. The zero-order valence-corrected chi connectivity index (χ0v) is 14.1. The number of ether oxygens (including phenoxy) is 1. The first-order valence-corrected chi connectivity index (χ1v) is 7.75. The van der Waals surface area contributed by atoms with Crippen molar-refractivity contribution in [3.63, 3.8) is 0 Å². The Kier molecular flexibility index (Phi) is 4.97. The summed E-state index contributed by atoms with van der Waals surface area (Å²) in [6, 6.07) is 7.81. The van der Waals surface area contributed by atoms with E-state index in [2.05, 4.69) is 15.4 Å². The standard InChI is InChI=1S/C17H17F2N5O2/c1-23-9-7-20-15(23)14(11-4-3-5-12(10-11)26-2)21-16(25)13-6-8-24(22-13)17(18)19/h3-10,14,17H,1-2H3,(H,21,25)/t14-/m0/s1. The predicted molar refractivity (Wildman–Crippen MR) is 89.0 cm³/mol. The molecule has 0 aliphatic rings. The first kappa shape index (κ1) is 17.6. The van der Waals surface area contributed by atoms with Crippen LogP contribution < -0.4 is 10.1 Å². The lowest BCUT2D eigenvalue weighted by atomic mass is 10.1. The second kappa shape index (κ2) is 7.34. The van der Waals surface area contributed by atoms with Crippen molar-refractivity contribution in [2.75, 3.05) is 7.11 Å². The molecule has 7 nitrogen and oxygen atoms in total. The van der Waals surface area contributed by atoms with E-state index in [1.165, 1.54) is 6.07 Å². The van der Waals surface area contributed by atoms with Crippen molar-refractivity contribution in [2.45, 2.75) is 12.6 Å². The molecule has 0 aliphatic heterocycles. The van der Waals surface area contributed by atoms with Crippen LogP contribution in [0.25, 0.3) is 0 Å². The van der Waals surface area contributed by atoms with E-state index >= 15 is 0 Å². The molecule has 136 valence electrons. The maximum atomic E-state index is 12.7. The van der Waals surface area contributed by atoms with E-state index in [-0.39, 0.29) is 5.69 Å². The number of aryl methyl sites for hydroxylation is 1. The molecule has 1 atom stereocenters. The van der Waals surface area contributed by atoms with E-state index in [4.69, 9.17) is 4.74 Å². The Hall–Kier alpha value is -3.23. The number of alkyl halides is 2. The summed E-state index contributed by atoms with van der Waals surface area (Å²) in [5.41, 5.74) is 0.632. The first-order valence-electron chi connectivity index (χ1n) is 7.75. The van der Waals surface area contributed by atoms with Gasteiger partial charge in [-0.15, -0.1) is 0 Å². The molecule has 0 spiro atoms. The molecule has 0 fully saturated rings. The Bertz CT molecular complexity index is 906.